The second kappa shape index (κ2) is 6.48. The van der Waals surface area contributed by atoms with E-state index in [-0.39, 0.29) is 6.61 Å². The van der Waals surface area contributed by atoms with Gasteiger partial charge < -0.3 is 0 Å². The fourth-order valence-corrected chi connectivity index (χ4v) is 0.734. The first-order chi connectivity index (χ1) is 3.41. The molecule has 0 fully saturated rings. The van der Waals surface area contributed by atoms with Gasteiger partial charge in [-0.15, -0.1) is 0 Å². The SMILES string of the molecule is OCCNCC[AsH2]. The third kappa shape index (κ3) is 6.48. The maximum atomic E-state index is 8.24. The first-order valence-corrected chi connectivity index (χ1v) is 4.14. The average molecular weight is 165 g/mol. The first-order valence-electron chi connectivity index (χ1n) is 2.43. The second-order valence-electron chi connectivity index (χ2n) is 1.26. The molecule has 0 aliphatic heterocycles. The fraction of sp³-hybridized carbons (Fsp3) is 1.00. The predicted molar refractivity (Wildman–Crippen MR) is 33.3 cm³/mol. The molecule has 1 atom stereocenters. The van der Waals surface area contributed by atoms with Gasteiger partial charge in [0.1, 0.15) is 0 Å². The second-order valence-corrected chi connectivity index (χ2v) is 2.47. The van der Waals surface area contributed by atoms with Crippen LogP contribution in [0.15, 0.2) is 0 Å². The van der Waals surface area contributed by atoms with Crippen LogP contribution in [0.4, 0.5) is 0 Å². The molecule has 2 nitrogen and oxygen atoms in total. The van der Waals surface area contributed by atoms with Crippen LogP contribution >= 0.6 is 0 Å². The Bertz CT molecular complexity index is 30.9. The third-order valence-electron chi connectivity index (χ3n) is 0.610. The molecule has 0 aliphatic carbocycles. The molecule has 0 aromatic heterocycles. The summed E-state index contributed by atoms with van der Waals surface area (Å²) >= 11 is 1.72. The van der Waals surface area contributed by atoms with Crippen molar-refractivity contribution in [2.45, 2.75) is 5.21 Å². The van der Waals surface area contributed by atoms with Gasteiger partial charge in [-0.05, 0) is 0 Å². The van der Waals surface area contributed by atoms with Crippen LogP contribution in [0.3, 0.4) is 0 Å². The topological polar surface area (TPSA) is 32.3 Å². The van der Waals surface area contributed by atoms with Crippen molar-refractivity contribution in [2.24, 2.45) is 0 Å². The van der Waals surface area contributed by atoms with Crippen LogP contribution in [-0.4, -0.2) is 41.7 Å². The van der Waals surface area contributed by atoms with Crippen LogP contribution in [0, 0.1) is 0 Å². The Morgan fingerprint density at radius 2 is 2.14 bits per heavy atom. The van der Waals surface area contributed by atoms with E-state index in [1.807, 2.05) is 0 Å². The van der Waals surface area contributed by atoms with E-state index in [0.29, 0.717) is 0 Å². The van der Waals surface area contributed by atoms with E-state index in [1.54, 1.807) is 16.9 Å². The number of nitrogens with one attached hydrogen (secondary N) is 1. The number of rotatable bonds is 4. The fourth-order valence-electron chi connectivity index (χ4n) is 0.306. The van der Waals surface area contributed by atoms with Gasteiger partial charge in [-0.25, -0.2) is 0 Å². The summed E-state index contributed by atoms with van der Waals surface area (Å²) in [4.78, 5) is 0. The van der Waals surface area contributed by atoms with Crippen LogP contribution in [0.5, 0.6) is 0 Å². The summed E-state index contributed by atoms with van der Waals surface area (Å²) in [5.74, 6) is 0. The zero-order chi connectivity index (χ0) is 5.54. The normalized spacial score (nSPS) is 9.43. The van der Waals surface area contributed by atoms with E-state index in [9.17, 15) is 0 Å². The standard InChI is InChI=1S/C4H12AsNO/c5-1-2-6-3-4-7/h6-7H,1-5H2. The summed E-state index contributed by atoms with van der Waals surface area (Å²) in [6.07, 6.45) is 0. The van der Waals surface area contributed by atoms with Crippen molar-refractivity contribution < 1.29 is 5.11 Å². The molecule has 0 saturated carbocycles. The molecule has 7 heavy (non-hydrogen) atoms. The van der Waals surface area contributed by atoms with Crippen molar-refractivity contribution in [1.29, 1.82) is 0 Å². The monoisotopic (exact) mass is 165 g/mol. The van der Waals surface area contributed by atoms with E-state index >= 15 is 0 Å². The van der Waals surface area contributed by atoms with Crippen LogP contribution in [0.1, 0.15) is 0 Å². The number of hydrogen-bond donors (Lipinski definition) is 2. The molecule has 0 aromatic rings. The molecule has 0 saturated heterocycles. The van der Waals surface area contributed by atoms with Gasteiger partial charge in [0.15, 0.2) is 0 Å². The molecule has 0 heterocycles. The van der Waals surface area contributed by atoms with Crippen molar-refractivity contribution in [3.8, 4) is 0 Å². The van der Waals surface area contributed by atoms with Gasteiger partial charge in [-0.2, -0.15) is 0 Å². The molecule has 3 heteroatoms. The predicted octanol–water partition coefficient (Wildman–Crippen LogP) is -1.38. The minimum absolute atomic E-state index is 0.257. The van der Waals surface area contributed by atoms with Gasteiger partial charge in [0.25, 0.3) is 0 Å². The molecule has 1 unspecified atom stereocenters. The van der Waals surface area contributed by atoms with Gasteiger partial charge in [-0.3, -0.25) is 0 Å². The Morgan fingerprint density at radius 1 is 1.43 bits per heavy atom. The molecule has 0 radical (unpaired) electrons. The third-order valence-corrected chi connectivity index (χ3v) is 1.22. The van der Waals surface area contributed by atoms with E-state index in [4.69, 9.17) is 5.11 Å². The Morgan fingerprint density at radius 3 is 2.57 bits per heavy atom. The van der Waals surface area contributed by atoms with Gasteiger partial charge >= 0.3 is 52.2 Å². The number of hydrogen-bond acceptors (Lipinski definition) is 2. The molecule has 0 aliphatic rings. The summed E-state index contributed by atoms with van der Waals surface area (Å²) < 4.78 is 0. The number of aliphatic hydroxyl groups excluding tert-OH is 1. The van der Waals surface area contributed by atoms with Gasteiger partial charge in [0, 0.05) is 0 Å². The van der Waals surface area contributed by atoms with E-state index in [1.165, 1.54) is 5.21 Å². The minimum atomic E-state index is 0.257. The molecule has 0 spiro atoms. The van der Waals surface area contributed by atoms with Crippen molar-refractivity contribution in [3.63, 3.8) is 0 Å². The van der Waals surface area contributed by atoms with E-state index in [0.717, 1.165) is 13.1 Å². The van der Waals surface area contributed by atoms with E-state index in [2.05, 4.69) is 5.32 Å². The van der Waals surface area contributed by atoms with Crippen LogP contribution < -0.4 is 5.32 Å². The molecular formula is C4H12AsNO. The summed E-state index contributed by atoms with van der Waals surface area (Å²) in [6, 6.07) is 0. The van der Waals surface area contributed by atoms with Gasteiger partial charge in [-0.1, -0.05) is 0 Å². The average Bonchev–Trinajstić information content (AvgIpc) is 1.69. The van der Waals surface area contributed by atoms with Crippen LogP contribution in [-0.2, 0) is 0 Å². The summed E-state index contributed by atoms with van der Waals surface area (Å²) in [5, 5.41) is 12.5. The Balaban J connectivity index is 2.45. The number of aliphatic hydroxyl groups is 1. The zero-order valence-corrected chi connectivity index (χ0v) is 6.78. The van der Waals surface area contributed by atoms with Crippen molar-refractivity contribution >= 4 is 16.9 Å². The molecule has 2 N–H and O–H groups in total. The molecular weight excluding hydrogens is 153 g/mol. The van der Waals surface area contributed by atoms with Crippen molar-refractivity contribution in [3.05, 3.63) is 0 Å². The summed E-state index contributed by atoms with van der Waals surface area (Å²) in [6.45, 7) is 2.04. The zero-order valence-electron chi connectivity index (χ0n) is 4.35. The molecule has 0 amide bonds. The maximum absolute atomic E-state index is 8.24. The van der Waals surface area contributed by atoms with Crippen molar-refractivity contribution in [1.82, 2.24) is 5.32 Å². The van der Waals surface area contributed by atoms with Crippen LogP contribution in [0.2, 0.25) is 5.21 Å². The van der Waals surface area contributed by atoms with Crippen LogP contribution in [0.25, 0.3) is 0 Å². The van der Waals surface area contributed by atoms with E-state index < -0.39 is 0 Å². The van der Waals surface area contributed by atoms with Gasteiger partial charge in [0.2, 0.25) is 0 Å². The Labute approximate surface area is 52.8 Å². The Hall–Kier alpha value is 0.478. The molecule has 0 rings (SSSR count). The molecule has 0 bridgehead atoms. The molecule has 44 valence electrons. The van der Waals surface area contributed by atoms with Crippen molar-refractivity contribution in [2.75, 3.05) is 19.7 Å². The first kappa shape index (κ1) is 7.48. The molecule has 0 aromatic carbocycles. The summed E-state index contributed by atoms with van der Waals surface area (Å²) in [7, 11) is 0. The Kier molecular flexibility index (Phi) is 6.92. The quantitative estimate of drug-likeness (QED) is 0.397. The van der Waals surface area contributed by atoms with Gasteiger partial charge in [0.05, 0.1) is 0 Å². The summed E-state index contributed by atoms with van der Waals surface area (Å²) in [5.41, 5.74) is 0.